The Morgan fingerprint density at radius 2 is 1.61 bits per heavy atom. The van der Waals surface area contributed by atoms with Crippen molar-refractivity contribution in [2.75, 3.05) is 5.32 Å². The number of halogens is 3. The van der Waals surface area contributed by atoms with E-state index in [1.165, 1.54) is 36.4 Å². The quantitative estimate of drug-likeness (QED) is 0.685. The second kappa shape index (κ2) is 6.34. The maximum Gasteiger partial charge on any atom is 0.573 e. The smallest absolute Gasteiger partial charge is 0.406 e. The van der Waals surface area contributed by atoms with Crippen LogP contribution in [0.5, 0.6) is 5.75 Å². The Bertz CT molecular complexity index is 712. The molecule has 0 bridgehead atoms. The van der Waals surface area contributed by atoms with Gasteiger partial charge < -0.3 is 10.1 Å². The van der Waals surface area contributed by atoms with Crippen LogP contribution in [0.15, 0.2) is 48.5 Å². The van der Waals surface area contributed by atoms with E-state index in [2.05, 4.69) is 10.1 Å². The third-order valence-corrected chi connectivity index (χ3v) is 2.69. The highest BCUT2D eigenvalue weighted by molar-refractivity contribution is 6.04. The number of ether oxygens (including phenoxy) is 1. The van der Waals surface area contributed by atoms with Crippen LogP contribution in [0.1, 0.15) is 10.4 Å². The monoisotopic (exact) mass is 326 g/mol. The van der Waals surface area contributed by atoms with Crippen molar-refractivity contribution in [2.45, 2.75) is 6.36 Å². The molecule has 2 aromatic carbocycles. The number of hydrogen-bond acceptors (Lipinski definition) is 4. The highest BCUT2D eigenvalue weighted by atomic mass is 19.4. The van der Waals surface area contributed by atoms with E-state index in [-0.39, 0.29) is 11.3 Å². The molecular weight excluding hydrogens is 317 g/mol. The van der Waals surface area contributed by atoms with Gasteiger partial charge in [0.05, 0.1) is 4.92 Å². The summed E-state index contributed by atoms with van der Waals surface area (Å²) in [5, 5.41) is 13.0. The summed E-state index contributed by atoms with van der Waals surface area (Å²) in [5.74, 6) is -1.01. The van der Waals surface area contributed by atoms with Crippen molar-refractivity contribution in [1.82, 2.24) is 0 Å². The van der Waals surface area contributed by atoms with Crippen LogP contribution in [-0.4, -0.2) is 17.2 Å². The van der Waals surface area contributed by atoms with Gasteiger partial charge in [-0.1, -0.05) is 0 Å². The van der Waals surface area contributed by atoms with Gasteiger partial charge in [-0.3, -0.25) is 14.9 Å². The highest BCUT2D eigenvalue weighted by Crippen LogP contribution is 2.23. The van der Waals surface area contributed by atoms with Crippen molar-refractivity contribution < 1.29 is 27.6 Å². The first-order valence-electron chi connectivity index (χ1n) is 6.16. The van der Waals surface area contributed by atoms with Gasteiger partial charge in [0.15, 0.2) is 0 Å². The predicted molar refractivity (Wildman–Crippen MR) is 74.2 cm³/mol. The summed E-state index contributed by atoms with van der Waals surface area (Å²) < 4.78 is 39.8. The number of non-ortho nitro benzene ring substituents is 1. The molecule has 23 heavy (non-hydrogen) atoms. The predicted octanol–water partition coefficient (Wildman–Crippen LogP) is 3.75. The van der Waals surface area contributed by atoms with E-state index >= 15 is 0 Å². The van der Waals surface area contributed by atoms with Crippen LogP contribution in [0.25, 0.3) is 0 Å². The molecule has 0 aromatic heterocycles. The third-order valence-electron chi connectivity index (χ3n) is 2.69. The van der Waals surface area contributed by atoms with E-state index in [1.54, 1.807) is 0 Å². The highest BCUT2D eigenvalue weighted by Gasteiger charge is 2.31. The third kappa shape index (κ3) is 4.70. The molecular formula is C14H9F3N2O4. The maximum atomic E-state index is 12.0. The summed E-state index contributed by atoms with van der Waals surface area (Å²) in [7, 11) is 0. The molecule has 2 aromatic rings. The van der Waals surface area contributed by atoms with Crippen molar-refractivity contribution in [1.29, 1.82) is 0 Å². The number of carbonyl (C=O) groups is 1. The standard InChI is InChI=1S/C14H9F3N2O4/c15-14(16,17)23-12-7-1-9(2-8-12)13(20)18-10-3-5-11(6-4-10)19(21)22/h1-8H,(H,18,20). The van der Waals surface area contributed by atoms with Gasteiger partial charge in [-0.05, 0) is 36.4 Å². The number of amides is 1. The van der Waals surface area contributed by atoms with E-state index < -0.39 is 22.9 Å². The normalized spacial score (nSPS) is 10.9. The van der Waals surface area contributed by atoms with Crippen molar-refractivity contribution in [2.24, 2.45) is 0 Å². The number of rotatable bonds is 4. The largest absolute Gasteiger partial charge is 0.573 e. The first kappa shape index (κ1) is 16.3. The van der Waals surface area contributed by atoms with Gasteiger partial charge in [-0.15, -0.1) is 13.2 Å². The minimum absolute atomic E-state index is 0.109. The molecule has 6 nitrogen and oxygen atoms in total. The molecule has 1 amide bonds. The van der Waals surface area contributed by atoms with Gasteiger partial charge in [0.1, 0.15) is 5.75 Å². The van der Waals surface area contributed by atoms with Crippen LogP contribution in [0.4, 0.5) is 24.5 Å². The summed E-state index contributed by atoms with van der Waals surface area (Å²) in [5.41, 5.74) is 0.297. The zero-order chi connectivity index (χ0) is 17.0. The molecule has 0 aliphatic rings. The number of nitro groups is 1. The maximum absolute atomic E-state index is 12.0. The van der Waals surface area contributed by atoms with E-state index in [0.717, 1.165) is 12.1 Å². The lowest BCUT2D eigenvalue weighted by Crippen LogP contribution is -2.17. The second-order valence-electron chi connectivity index (χ2n) is 4.33. The molecule has 2 rings (SSSR count). The first-order valence-corrected chi connectivity index (χ1v) is 6.16. The van der Waals surface area contributed by atoms with Crippen LogP contribution in [0.2, 0.25) is 0 Å². The average Bonchev–Trinajstić information content (AvgIpc) is 2.46. The summed E-state index contributed by atoms with van der Waals surface area (Å²) in [6, 6.07) is 9.49. The molecule has 0 fully saturated rings. The van der Waals surface area contributed by atoms with E-state index in [1.807, 2.05) is 0 Å². The summed E-state index contributed by atoms with van der Waals surface area (Å²) >= 11 is 0. The van der Waals surface area contributed by atoms with Gasteiger partial charge in [0.2, 0.25) is 0 Å². The van der Waals surface area contributed by atoms with Crippen molar-refractivity contribution in [3.63, 3.8) is 0 Å². The molecule has 0 aliphatic heterocycles. The van der Waals surface area contributed by atoms with Gasteiger partial charge >= 0.3 is 6.36 Å². The minimum Gasteiger partial charge on any atom is -0.406 e. The Hall–Kier alpha value is -3.10. The molecule has 120 valence electrons. The molecule has 0 unspecified atom stereocenters. The molecule has 9 heteroatoms. The minimum atomic E-state index is -4.80. The topological polar surface area (TPSA) is 81.5 Å². The number of benzene rings is 2. The van der Waals surface area contributed by atoms with Gasteiger partial charge in [-0.2, -0.15) is 0 Å². The lowest BCUT2D eigenvalue weighted by Gasteiger charge is -2.09. The number of nitrogens with zero attached hydrogens (tertiary/aromatic N) is 1. The summed E-state index contributed by atoms with van der Waals surface area (Å²) in [6.07, 6.45) is -4.80. The number of anilines is 1. The lowest BCUT2D eigenvalue weighted by molar-refractivity contribution is -0.384. The van der Waals surface area contributed by atoms with Crippen molar-refractivity contribution in [3.8, 4) is 5.75 Å². The molecule has 0 heterocycles. The van der Waals surface area contributed by atoms with Crippen LogP contribution >= 0.6 is 0 Å². The number of nitrogens with one attached hydrogen (secondary N) is 1. The summed E-state index contributed by atoms with van der Waals surface area (Å²) in [6.45, 7) is 0. The Balaban J connectivity index is 2.04. The fourth-order valence-electron chi connectivity index (χ4n) is 1.68. The van der Waals surface area contributed by atoms with Crippen LogP contribution in [0.3, 0.4) is 0 Å². The Kier molecular flexibility index (Phi) is 4.49. The molecule has 0 saturated heterocycles. The zero-order valence-corrected chi connectivity index (χ0v) is 11.3. The Morgan fingerprint density at radius 3 is 2.09 bits per heavy atom. The molecule has 0 atom stereocenters. The molecule has 0 aliphatic carbocycles. The SMILES string of the molecule is O=C(Nc1ccc([N+](=O)[O-])cc1)c1ccc(OC(F)(F)F)cc1. The second-order valence-corrected chi connectivity index (χ2v) is 4.33. The number of carbonyl (C=O) groups excluding carboxylic acids is 1. The fourth-order valence-corrected chi connectivity index (χ4v) is 1.68. The fraction of sp³-hybridized carbons (Fsp3) is 0.0714. The summed E-state index contributed by atoms with van der Waals surface area (Å²) in [4.78, 5) is 21.9. The van der Waals surface area contributed by atoms with Crippen molar-refractivity contribution in [3.05, 3.63) is 64.2 Å². The van der Waals surface area contributed by atoms with Gasteiger partial charge in [-0.25, -0.2) is 0 Å². The lowest BCUT2D eigenvalue weighted by atomic mass is 10.2. The van der Waals surface area contributed by atoms with Crippen LogP contribution in [-0.2, 0) is 0 Å². The average molecular weight is 326 g/mol. The molecule has 1 N–H and O–H groups in total. The van der Waals surface area contributed by atoms with Crippen molar-refractivity contribution >= 4 is 17.3 Å². The first-order chi connectivity index (χ1) is 10.7. The van der Waals surface area contributed by atoms with Crippen LogP contribution in [0, 0.1) is 10.1 Å². The van der Waals surface area contributed by atoms with E-state index in [0.29, 0.717) is 5.69 Å². The Morgan fingerprint density at radius 1 is 1.04 bits per heavy atom. The molecule has 0 spiro atoms. The number of alkyl halides is 3. The molecule has 0 saturated carbocycles. The van der Waals surface area contributed by atoms with E-state index in [9.17, 15) is 28.1 Å². The van der Waals surface area contributed by atoms with Gasteiger partial charge in [0, 0.05) is 23.4 Å². The van der Waals surface area contributed by atoms with E-state index in [4.69, 9.17) is 0 Å². The number of hydrogen-bond donors (Lipinski definition) is 1. The Labute approximate surface area is 127 Å². The van der Waals surface area contributed by atoms with Gasteiger partial charge in [0.25, 0.3) is 11.6 Å². The number of nitro benzene ring substituents is 1. The molecule has 0 radical (unpaired) electrons. The zero-order valence-electron chi connectivity index (χ0n) is 11.3. The van der Waals surface area contributed by atoms with Crippen LogP contribution < -0.4 is 10.1 Å².